The maximum Gasteiger partial charge on any atom is 0.121 e. The first-order chi connectivity index (χ1) is 6.81. The quantitative estimate of drug-likeness (QED) is 0.779. The smallest absolute Gasteiger partial charge is 0.121 e. The van der Waals surface area contributed by atoms with Gasteiger partial charge in [0.25, 0.3) is 0 Å². The van der Waals surface area contributed by atoms with E-state index in [1.165, 1.54) is 0 Å². The minimum atomic E-state index is 0.373. The first-order valence-electron chi connectivity index (χ1n) is 5.22. The van der Waals surface area contributed by atoms with Crippen LogP contribution in [0.25, 0.3) is 0 Å². The molecule has 2 heterocycles. The second-order valence-corrected chi connectivity index (χ2v) is 3.78. The fraction of sp³-hybridized carbons (Fsp3) is 0.700. The third kappa shape index (κ3) is 1.75. The van der Waals surface area contributed by atoms with Crippen molar-refractivity contribution in [3.8, 4) is 0 Å². The summed E-state index contributed by atoms with van der Waals surface area (Å²) in [7, 11) is 0. The van der Waals surface area contributed by atoms with Gasteiger partial charge in [0, 0.05) is 6.61 Å². The van der Waals surface area contributed by atoms with E-state index in [9.17, 15) is 0 Å². The van der Waals surface area contributed by atoms with Gasteiger partial charge in [-0.05, 0) is 25.3 Å². The van der Waals surface area contributed by atoms with E-state index < -0.39 is 0 Å². The Balaban J connectivity index is 2.08. The molecular weight excluding hydrogens is 178 g/mol. The average Bonchev–Trinajstić information content (AvgIpc) is 2.65. The van der Waals surface area contributed by atoms with Gasteiger partial charge in [-0.2, -0.15) is 5.10 Å². The molecule has 2 unspecified atom stereocenters. The van der Waals surface area contributed by atoms with E-state index >= 15 is 0 Å². The van der Waals surface area contributed by atoms with Gasteiger partial charge >= 0.3 is 0 Å². The van der Waals surface area contributed by atoms with Gasteiger partial charge in [-0.3, -0.25) is 0 Å². The first-order valence-corrected chi connectivity index (χ1v) is 5.22. The summed E-state index contributed by atoms with van der Waals surface area (Å²) in [4.78, 5) is 0. The summed E-state index contributed by atoms with van der Waals surface area (Å²) in [6.07, 6.45) is 5.24. The van der Waals surface area contributed by atoms with Crippen molar-refractivity contribution in [2.75, 3.05) is 12.3 Å². The monoisotopic (exact) mass is 195 g/mol. The zero-order valence-electron chi connectivity index (χ0n) is 8.52. The Morgan fingerprint density at radius 3 is 3.21 bits per heavy atom. The van der Waals surface area contributed by atoms with Crippen LogP contribution in [0.1, 0.15) is 32.2 Å². The van der Waals surface area contributed by atoms with Crippen molar-refractivity contribution in [3.63, 3.8) is 0 Å². The van der Waals surface area contributed by atoms with Crippen molar-refractivity contribution in [2.24, 2.45) is 0 Å². The van der Waals surface area contributed by atoms with Crippen molar-refractivity contribution in [2.45, 2.75) is 38.3 Å². The molecule has 0 saturated carbocycles. The van der Waals surface area contributed by atoms with Crippen LogP contribution in [0.4, 0.5) is 5.82 Å². The highest BCUT2D eigenvalue weighted by atomic mass is 16.5. The number of nitrogens with zero attached hydrogens (tertiary/aromatic N) is 2. The fourth-order valence-electron chi connectivity index (χ4n) is 2.00. The van der Waals surface area contributed by atoms with Crippen molar-refractivity contribution in [1.82, 2.24) is 9.78 Å². The summed E-state index contributed by atoms with van der Waals surface area (Å²) in [5, 5.41) is 4.24. The highest BCUT2D eigenvalue weighted by Crippen LogP contribution is 2.27. The summed E-state index contributed by atoms with van der Waals surface area (Å²) in [6.45, 7) is 2.97. The predicted molar refractivity (Wildman–Crippen MR) is 54.9 cm³/mol. The van der Waals surface area contributed by atoms with Gasteiger partial charge in [0.05, 0.1) is 18.3 Å². The molecule has 1 fully saturated rings. The molecule has 0 spiro atoms. The molecule has 1 aromatic heterocycles. The number of hydrogen-bond donors (Lipinski definition) is 1. The number of hydrogen-bond acceptors (Lipinski definition) is 3. The van der Waals surface area contributed by atoms with Crippen LogP contribution in [0.15, 0.2) is 12.3 Å². The molecule has 1 aliphatic heterocycles. The molecule has 1 aromatic rings. The Kier molecular flexibility index (Phi) is 2.72. The van der Waals surface area contributed by atoms with Crippen molar-refractivity contribution < 1.29 is 4.74 Å². The second-order valence-electron chi connectivity index (χ2n) is 3.78. The summed E-state index contributed by atoms with van der Waals surface area (Å²) in [5.74, 6) is 0.756. The zero-order chi connectivity index (χ0) is 9.97. The Bertz CT molecular complexity index is 297. The molecule has 2 atom stereocenters. The maximum absolute atomic E-state index is 5.82. The third-order valence-electron chi connectivity index (χ3n) is 2.84. The van der Waals surface area contributed by atoms with Crippen molar-refractivity contribution >= 4 is 5.82 Å². The van der Waals surface area contributed by atoms with Crippen LogP contribution in [-0.4, -0.2) is 22.5 Å². The SMILES string of the molecule is CCC1CC(n2nccc2N)CCO1. The lowest BCUT2D eigenvalue weighted by Crippen LogP contribution is -2.28. The van der Waals surface area contributed by atoms with Crippen molar-refractivity contribution in [1.29, 1.82) is 0 Å². The molecule has 14 heavy (non-hydrogen) atoms. The van der Waals surface area contributed by atoms with Gasteiger partial charge in [0.2, 0.25) is 0 Å². The Morgan fingerprint density at radius 2 is 2.57 bits per heavy atom. The summed E-state index contributed by atoms with van der Waals surface area (Å²) in [5.41, 5.74) is 5.82. The molecule has 78 valence electrons. The molecule has 2 N–H and O–H groups in total. The van der Waals surface area contributed by atoms with E-state index in [1.807, 2.05) is 10.7 Å². The molecule has 1 aliphatic rings. The molecule has 4 nitrogen and oxygen atoms in total. The van der Waals surface area contributed by atoms with Gasteiger partial charge in [0.1, 0.15) is 5.82 Å². The molecule has 2 rings (SSSR count). The van der Waals surface area contributed by atoms with Gasteiger partial charge in [-0.25, -0.2) is 4.68 Å². The molecule has 0 aliphatic carbocycles. The minimum Gasteiger partial charge on any atom is -0.384 e. The van der Waals surface area contributed by atoms with Crippen molar-refractivity contribution in [3.05, 3.63) is 12.3 Å². The molecule has 0 aromatic carbocycles. The Morgan fingerprint density at radius 1 is 1.71 bits per heavy atom. The lowest BCUT2D eigenvalue weighted by Gasteiger charge is -2.29. The van der Waals surface area contributed by atoms with Crippen LogP contribution in [0.2, 0.25) is 0 Å². The first kappa shape index (κ1) is 9.52. The normalized spacial score (nSPS) is 27.8. The van der Waals surface area contributed by atoms with Gasteiger partial charge < -0.3 is 10.5 Å². The van der Waals surface area contributed by atoms with Crippen LogP contribution < -0.4 is 5.73 Å². The number of nitrogens with two attached hydrogens (primary N) is 1. The van der Waals surface area contributed by atoms with E-state index in [-0.39, 0.29) is 0 Å². The van der Waals surface area contributed by atoms with Crippen LogP contribution in [-0.2, 0) is 4.74 Å². The largest absolute Gasteiger partial charge is 0.384 e. The lowest BCUT2D eigenvalue weighted by molar-refractivity contribution is -0.00893. The van der Waals surface area contributed by atoms with Crippen LogP contribution >= 0.6 is 0 Å². The number of rotatable bonds is 2. The Hall–Kier alpha value is -1.03. The fourth-order valence-corrected chi connectivity index (χ4v) is 2.00. The van der Waals surface area contributed by atoms with Gasteiger partial charge in [0.15, 0.2) is 0 Å². The molecule has 0 radical (unpaired) electrons. The van der Waals surface area contributed by atoms with E-state index in [0.29, 0.717) is 12.1 Å². The lowest BCUT2D eigenvalue weighted by atomic mass is 10.0. The van der Waals surface area contributed by atoms with Crippen LogP contribution in [0, 0.1) is 0 Å². The van der Waals surface area contributed by atoms with E-state index in [4.69, 9.17) is 10.5 Å². The average molecular weight is 195 g/mol. The Labute approximate surface area is 84.0 Å². The zero-order valence-corrected chi connectivity index (χ0v) is 8.52. The number of anilines is 1. The number of nitrogen functional groups attached to an aromatic ring is 1. The third-order valence-corrected chi connectivity index (χ3v) is 2.84. The standard InChI is InChI=1S/C10H17N3O/c1-2-9-7-8(4-6-14-9)13-10(11)3-5-12-13/h3,5,8-9H,2,4,6-7,11H2,1H3. The minimum absolute atomic E-state index is 0.373. The highest BCUT2D eigenvalue weighted by Gasteiger charge is 2.23. The predicted octanol–water partition coefficient (Wildman–Crippen LogP) is 1.60. The van der Waals surface area contributed by atoms with Gasteiger partial charge in [-0.1, -0.05) is 6.92 Å². The second kappa shape index (κ2) is 4.00. The molecule has 4 heteroatoms. The highest BCUT2D eigenvalue weighted by molar-refractivity contribution is 5.26. The molecule has 0 amide bonds. The topological polar surface area (TPSA) is 53.1 Å². The van der Waals surface area contributed by atoms with Crippen LogP contribution in [0.5, 0.6) is 0 Å². The molecule has 1 saturated heterocycles. The number of aromatic nitrogens is 2. The molecule has 0 bridgehead atoms. The van der Waals surface area contributed by atoms with Crippen LogP contribution in [0.3, 0.4) is 0 Å². The van der Waals surface area contributed by atoms with E-state index in [2.05, 4.69) is 12.0 Å². The molecular formula is C10H17N3O. The van der Waals surface area contributed by atoms with E-state index in [0.717, 1.165) is 31.7 Å². The summed E-state index contributed by atoms with van der Waals surface area (Å²) < 4.78 is 7.54. The summed E-state index contributed by atoms with van der Waals surface area (Å²) in [6, 6.07) is 2.26. The van der Waals surface area contributed by atoms with E-state index in [1.54, 1.807) is 6.20 Å². The summed E-state index contributed by atoms with van der Waals surface area (Å²) >= 11 is 0. The van der Waals surface area contributed by atoms with Gasteiger partial charge in [-0.15, -0.1) is 0 Å². The number of ether oxygens (including phenoxy) is 1. The maximum atomic E-state index is 5.82.